The first-order chi connectivity index (χ1) is 9.63. The number of pyridine rings is 1. The molecule has 4 N–H and O–H groups in total. The number of hydrogen-bond acceptors (Lipinski definition) is 5. The van der Waals surface area contributed by atoms with E-state index in [9.17, 15) is 4.79 Å². The van der Waals surface area contributed by atoms with Gasteiger partial charge >= 0.3 is 0 Å². The largest absolute Gasteiger partial charge is 0.397 e. The number of anilines is 2. The van der Waals surface area contributed by atoms with Gasteiger partial charge in [-0.3, -0.25) is 9.69 Å². The normalized spacial score (nSPS) is 20.1. The molecule has 1 amide bonds. The van der Waals surface area contributed by atoms with Gasteiger partial charge in [-0.1, -0.05) is 0 Å². The molecule has 6 heteroatoms. The van der Waals surface area contributed by atoms with E-state index in [2.05, 4.69) is 14.8 Å². The molecule has 1 aliphatic heterocycles. The first-order valence-corrected chi connectivity index (χ1v) is 7.16. The number of aromatic nitrogens is 1. The van der Waals surface area contributed by atoms with Gasteiger partial charge in [0.25, 0.3) is 5.91 Å². The van der Waals surface area contributed by atoms with Crippen LogP contribution in [0.2, 0.25) is 0 Å². The molecule has 0 atom stereocenters. The van der Waals surface area contributed by atoms with Gasteiger partial charge in [-0.2, -0.15) is 0 Å². The summed E-state index contributed by atoms with van der Waals surface area (Å²) < 4.78 is 0. The van der Waals surface area contributed by atoms with Crippen molar-refractivity contribution >= 4 is 17.4 Å². The average molecular weight is 275 g/mol. The molecule has 0 bridgehead atoms. The van der Waals surface area contributed by atoms with Gasteiger partial charge in [-0.25, -0.2) is 4.98 Å². The molecule has 108 valence electrons. The Balaban J connectivity index is 1.65. The Bertz CT molecular complexity index is 506. The lowest BCUT2D eigenvalue weighted by Gasteiger charge is -2.35. The summed E-state index contributed by atoms with van der Waals surface area (Å²) in [5.41, 5.74) is 11.7. The standard InChI is InChI=1S/C14H21N5O/c15-12-8-17-13(7-11(12)14(16)20)19-5-3-18(4-6-19)9-10-1-2-10/h7-8,10H,1-6,9,15H2,(H2,16,20). The summed E-state index contributed by atoms with van der Waals surface area (Å²) in [6, 6.07) is 1.70. The monoisotopic (exact) mass is 275 g/mol. The van der Waals surface area contributed by atoms with Crippen molar-refractivity contribution in [2.75, 3.05) is 43.4 Å². The highest BCUT2D eigenvalue weighted by atomic mass is 16.1. The minimum absolute atomic E-state index is 0.341. The van der Waals surface area contributed by atoms with E-state index in [1.807, 2.05) is 0 Å². The number of rotatable bonds is 4. The van der Waals surface area contributed by atoms with Crippen LogP contribution in [-0.4, -0.2) is 48.5 Å². The SMILES string of the molecule is NC(=O)c1cc(N2CCN(CC3CC3)CC2)ncc1N. The van der Waals surface area contributed by atoms with Gasteiger partial charge in [-0.15, -0.1) is 0 Å². The minimum atomic E-state index is -0.501. The van der Waals surface area contributed by atoms with Gasteiger partial charge in [0.15, 0.2) is 0 Å². The Morgan fingerprint density at radius 1 is 1.30 bits per heavy atom. The quantitative estimate of drug-likeness (QED) is 0.825. The van der Waals surface area contributed by atoms with Crippen molar-refractivity contribution in [3.05, 3.63) is 17.8 Å². The van der Waals surface area contributed by atoms with Crippen molar-refractivity contribution in [2.45, 2.75) is 12.8 Å². The second-order valence-corrected chi connectivity index (χ2v) is 5.73. The molecular weight excluding hydrogens is 254 g/mol. The Kier molecular flexibility index (Phi) is 3.48. The van der Waals surface area contributed by atoms with E-state index in [4.69, 9.17) is 11.5 Å². The summed E-state index contributed by atoms with van der Waals surface area (Å²) in [7, 11) is 0. The maximum Gasteiger partial charge on any atom is 0.250 e. The molecule has 6 nitrogen and oxygen atoms in total. The fraction of sp³-hybridized carbons (Fsp3) is 0.571. The molecule has 20 heavy (non-hydrogen) atoms. The summed E-state index contributed by atoms with van der Waals surface area (Å²) in [6.45, 7) is 5.20. The molecule has 1 saturated heterocycles. The topological polar surface area (TPSA) is 88.5 Å². The van der Waals surface area contributed by atoms with Gasteiger partial charge in [-0.05, 0) is 24.8 Å². The van der Waals surface area contributed by atoms with Gasteiger partial charge in [0, 0.05) is 32.7 Å². The molecule has 0 radical (unpaired) electrons. The number of nitrogens with two attached hydrogens (primary N) is 2. The number of primary amides is 1. The summed E-state index contributed by atoms with van der Waals surface area (Å²) in [5, 5.41) is 0. The highest BCUT2D eigenvalue weighted by Gasteiger charge is 2.26. The predicted molar refractivity (Wildman–Crippen MR) is 78.5 cm³/mol. The van der Waals surface area contributed by atoms with E-state index in [-0.39, 0.29) is 0 Å². The zero-order chi connectivity index (χ0) is 14.1. The third-order valence-electron chi connectivity index (χ3n) is 4.10. The van der Waals surface area contributed by atoms with Crippen LogP contribution in [0.3, 0.4) is 0 Å². The van der Waals surface area contributed by atoms with Gasteiger partial charge in [0.2, 0.25) is 0 Å². The zero-order valence-corrected chi connectivity index (χ0v) is 11.6. The maximum absolute atomic E-state index is 11.3. The minimum Gasteiger partial charge on any atom is -0.397 e. The highest BCUT2D eigenvalue weighted by molar-refractivity contribution is 5.98. The summed E-state index contributed by atoms with van der Waals surface area (Å²) in [5.74, 6) is 1.22. The van der Waals surface area contributed by atoms with Crippen LogP contribution in [0.5, 0.6) is 0 Å². The second kappa shape index (κ2) is 5.28. The molecule has 1 aliphatic carbocycles. The molecule has 2 aliphatic rings. The fourth-order valence-electron chi connectivity index (χ4n) is 2.67. The fourth-order valence-corrected chi connectivity index (χ4v) is 2.67. The molecule has 0 aromatic carbocycles. The van der Waals surface area contributed by atoms with Crippen LogP contribution in [0.25, 0.3) is 0 Å². The Morgan fingerprint density at radius 3 is 2.60 bits per heavy atom. The van der Waals surface area contributed by atoms with Crippen LogP contribution < -0.4 is 16.4 Å². The number of amides is 1. The lowest BCUT2D eigenvalue weighted by molar-refractivity contribution is 0.100. The Hall–Kier alpha value is -1.82. The Morgan fingerprint density at radius 2 is 2.00 bits per heavy atom. The van der Waals surface area contributed by atoms with E-state index in [0.717, 1.165) is 37.9 Å². The van der Waals surface area contributed by atoms with Crippen LogP contribution in [0, 0.1) is 5.92 Å². The third-order valence-corrected chi connectivity index (χ3v) is 4.10. The van der Waals surface area contributed by atoms with Crippen LogP contribution >= 0.6 is 0 Å². The third kappa shape index (κ3) is 2.85. The second-order valence-electron chi connectivity index (χ2n) is 5.73. The number of piperazine rings is 1. The van der Waals surface area contributed by atoms with E-state index in [0.29, 0.717) is 11.3 Å². The number of carbonyl (C=O) groups excluding carboxylic acids is 1. The van der Waals surface area contributed by atoms with Crippen molar-refractivity contribution in [1.29, 1.82) is 0 Å². The molecule has 3 rings (SSSR count). The smallest absolute Gasteiger partial charge is 0.250 e. The van der Waals surface area contributed by atoms with Crippen LogP contribution in [0.4, 0.5) is 11.5 Å². The molecule has 0 unspecified atom stereocenters. The van der Waals surface area contributed by atoms with Gasteiger partial charge in [0.1, 0.15) is 5.82 Å². The summed E-state index contributed by atoms with van der Waals surface area (Å²) in [6.07, 6.45) is 4.30. The average Bonchev–Trinajstić information content (AvgIpc) is 3.24. The lowest BCUT2D eigenvalue weighted by atomic mass is 10.2. The molecule has 1 aromatic rings. The zero-order valence-electron chi connectivity index (χ0n) is 11.6. The Labute approximate surface area is 118 Å². The van der Waals surface area contributed by atoms with E-state index >= 15 is 0 Å². The van der Waals surface area contributed by atoms with Crippen LogP contribution in [0.15, 0.2) is 12.3 Å². The predicted octanol–water partition coefficient (Wildman–Crippen LogP) is 0.295. The first-order valence-electron chi connectivity index (χ1n) is 7.16. The van der Waals surface area contributed by atoms with Crippen molar-refractivity contribution in [2.24, 2.45) is 11.7 Å². The van der Waals surface area contributed by atoms with Crippen molar-refractivity contribution in [3.8, 4) is 0 Å². The number of hydrogen-bond donors (Lipinski definition) is 2. The summed E-state index contributed by atoms with van der Waals surface area (Å²) in [4.78, 5) is 20.3. The van der Waals surface area contributed by atoms with Crippen molar-refractivity contribution in [3.63, 3.8) is 0 Å². The van der Waals surface area contributed by atoms with Crippen LogP contribution in [-0.2, 0) is 0 Å². The number of nitrogen functional groups attached to an aromatic ring is 1. The maximum atomic E-state index is 11.3. The summed E-state index contributed by atoms with van der Waals surface area (Å²) >= 11 is 0. The number of nitrogens with zero attached hydrogens (tertiary/aromatic N) is 3. The van der Waals surface area contributed by atoms with E-state index < -0.39 is 5.91 Å². The van der Waals surface area contributed by atoms with Crippen molar-refractivity contribution in [1.82, 2.24) is 9.88 Å². The molecular formula is C14H21N5O. The molecule has 2 fully saturated rings. The van der Waals surface area contributed by atoms with Crippen molar-refractivity contribution < 1.29 is 4.79 Å². The molecule has 1 aromatic heterocycles. The lowest BCUT2D eigenvalue weighted by Crippen LogP contribution is -2.47. The van der Waals surface area contributed by atoms with E-state index in [1.54, 1.807) is 6.07 Å². The molecule has 2 heterocycles. The molecule has 0 spiro atoms. The molecule has 1 saturated carbocycles. The first kappa shape index (κ1) is 13.2. The van der Waals surface area contributed by atoms with Gasteiger partial charge in [0.05, 0.1) is 17.4 Å². The van der Waals surface area contributed by atoms with E-state index in [1.165, 1.54) is 25.6 Å². The van der Waals surface area contributed by atoms with Gasteiger partial charge < -0.3 is 16.4 Å². The van der Waals surface area contributed by atoms with Crippen LogP contribution in [0.1, 0.15) is 23.2 Å². The highest BCUT2D eigenvalue weighted by Crippen LogP contribution is 2.30. The number of carbonyl (C=O) groups is 1.